The molecule has 0 spiro atoms. The lowest BCUT2D eigenvalue weighted by atomic mass is 9.91. The van der Waals surface area contributed by atoms with Gasteiger partial charge in [0.15, 0.2) is 0 Å². The summed E-state index contributed by atoms with van der Waals surface area (Å²) in [6.45, 7) is 3.09. The second-order valence-electron chi connectivity index (χ2n) is 5.48. The van der Waals surface area contributed by atoms with E-state index in [2.05, 4.69) is 5.32 Å². The zero-order valence-electron chi connectivity index (χ0n) is 12.0. The van der Waals surface area contributed by atoms with Crippen LogP contribution in [0.25, 0.3) is 0 Å². The van der Waals surface area contributed by atoms with Gasteiger partial charge in [0.05, 0.1) is 0 Å². The van der Waals surface area contributed by atoms with Crippen molar-refractivity contribution < 1.29 is 9.18 Å². The largest absolute Gasteiger partial charge is 0.372 e. The third kappa shape index (κ3) is 2.93. The highest BCUT2D eigenvalue weighted by atomic mass is 19.1. The fraction of sp³-hybridized carbons (Fsp3) is 0.533. The first-order chi connectivity index (χ1) is 9.49. The topological polar surface area (TPSA) is 58.4 Å². The molecule has 3 N–H and O–H groups in total. The van der Waals surface area contributed by atoms with Crippen molar-refractivity contribution in [3.05, 3.63) is 30.1 Å². The van der Waals surface area contributed by atoms with E-state index in [0.29, 0.717) is 13.1 Å². The van der Waals surface area contributed by atoms with Gasteiger partial charge in [-0.1, -0.05) is 13.0 Å². The van der Waals surface area contributed by atoms with E-state index in [9.17, 15) is 9.18 Å². The molecule has 0 aliphatic heterocycles. The van der Waals surface area contributed by atoms with E-state index in [-0.39, 0.29) is 17.6 Å². The molecule has 0 aromatic heterocycles. The Hall–Kier alpha value is -1.62. The molecule has 1 aliphatic carbocycles. The maximum absolute atomic E-state index is 13.3. The number of likely N-dealkylation sites (N-methyl/N-ethyl adjacent to an activating group) is 2. The van der Waals surface area contributed by atoms with Crippen LogP contribution in [0.3, 0.4) is 0 Å². The molecule has 1 aromatic rings. The molecule has 5 heteroatoms. The predicted molar refractivity (Wildman–Crippen MR) is 78.0 cm³/mol. The quantitative estimate of drug-likeness (QED) is 0.795. The van der Waals surface area contributed by atoms with Crippen molar-refractivity contribution in [2.45, 2.75) is 25.3 Å². The molecule has 20 heavy (non-hydrogen) atoms. The lowest BCUT2D eigenvalue weighted by molar-refractivity contribution is -0.124. The average Bonchev–Trinajstić information content (AvgIpc) is 3.22. The molecule has 0 radical (unpaired) electrons. The lowest BCUT2D eigenvalue weighted by Gasteiger charge is -2.36. The molecule has 1 unspecified atom stereocenters. The summed E-state index contributed by atoms with van der Waals surface area (Å²) in [5.74, 6) is -0.338. The Morgan fingerprint density at radius 2 is 2.25 bits per heavy atom. The maximum atomic E-state index is 13.3. The summed E-state index contributed by atoms with van der Waals surface area (Å²) < 4.78 is 13.3. The molecule has 4 nitrogen and oxygen atoms in total. The van der Waals surface area contributed by atoms with Crippen molar-refractivity contribution in [2.75, 3.05) is 25.0 Å². The van der Waals surface area contributed by atoms with Gasteiger partial charge in [0.25, 0.3) is 0 Å². The second kappa shape index (κ2) is 5.79. The number of hydrogen-bond donors (Lipinski definition) is 2. The van der Waals surface area contributed by atoms with E-state index in [1.165, 1.54) is 12.1 Å². The predicted octanol–water partition coefficient (Wildman–Crippen LogP) is 1.51. The molecule has 1 fully saturated rings. The number of carbonyl (C=O) groups excluding carboxylic acids is 1. The van der Waals surface area contributed by atoms with E-state index in [4.69, 9.17) is 5.73 Å². The molecule has 0 saturated heterocycles. The molecule has 1 amide bonds. The van der Waals surface area contributed by atoms with Gasteiger partial charge in [-0.25, -0.2) is 4.39 Å². The van der Waals surface area contributed by atoms with E-state index in [0.717, 1.165) is 18.5 Å². The van der Waals surface area contributed by atoms with Gasteiger partial charge < -0.3 is 16.0 Å². The minimum absolute atomic E-state index is 0.274. The van der Waals surface area contributed by atoms with Crippen molar-refractivity contribution in [3.63, 3.8) is 0 Å². The van der Waals surface area contributed by atoms with Gasteiger partial charge in [-0.05, 0) is 43.5 Å². The molecule has 1 aliphatic rings. The lowest BCUT2D eigenvalue weighted by Crippen LogP contribution is -2.63. The fourth-order valence-corrected chi connectivity index (χ4v) is 2.77. The van der Waals surface area contributed by atoms with Gasteiger partial charge in [-0.15, -0.1) is 0 Å². The maximum Gasteiger partial charge on any atom is 0.239 e. The van der Waals surface area contributed by atoms with Gasteiger partial charge in [-0.3, -0.25) is 4.79 Å². The number of nitrogens with zero attached hydrogens (tertiary/aromatic N) is 1. The number of nitrogens with two attached hydrogens (primary N) is 1. The third-order valence-corrected chi connectivity index (χ3v) is 3.94. The first kappa shape index (κ1) is 14.8. The molecule has 0 heterocycles. The number of nitrogens with one attached hydrogen (secondary N) is 1. The molecule has 110 valence electrons. The molecule has 2 rings (SSSR count). The molecule has 1 saturated carbocycles. The number of amides is 1. The highest BCUT2D eigenvalue weighted by molar-refractivity contribution is 5.86. The van der Waals surface area contributed by atoms with Crippen LogP contribution in [0.2, 0.25) is 0 Å². The number of rotatable bonds is 7. The Kier molecular flexibility index (Phi) is 4.28. The number of hydrogen-bond acceptors (Lipinski definition) is 3. The molecular formula is C15H22FN3O. The minimum atomic E-state index is -0.726. The van der Waals surface area contributed by atoms with Gasteiger partial charge in [0.1, 0.15) is 11.4 Å². The summed E-state index contributed by atoms with van der Waals surface area (Å²) in [7, 11) is 1.85. The number of halogens is 1. The van der Waals surface area contributed by atoms with Gasteiger partial charge in [0.2, 0.25) is 5.91 Å². The third-order valence-electron chi connectivity index (χ3n) is 3.94. The number of anilines is 1. The van der Waals surface area contributed by atoms with Gasteiger partial charge in [0, 0.05) is 19.3 Å². The van der Waals surface area contributed by atoms with Crippen LogP contribution in [0, 0.1) is 11.7 Å². The summed E-state index contributed by atoms with van der Waals surface area (Å²) in [6.07, 6.45) is 2.01. The van der Waals surface area contributed by atoms with Crippen LogP contribution in [0.4, 0.5) is 10.1 Å². The van der Waals surface area contributed by atoms with Crippen LogP contribution in [0.5, 0.6) is 0 Å². The highest BCUT2D eigenvalue weighted by Crippen LogP contribution is 2.40. The number of primary amides is 1. The monoisotopic (exact) mass is 279 g/mol. The average molecular weight is 279 g/mol. The van der Waals surface area contributed by atoms with E-state index >= 15 is 0 Å². The van der Waals surface area contributed by atoms with Crippen molar-refractivity contribution >= 4 is 11.6 Å². The van der Waals surface area contributed by atoms with Crippen LogP contribution in [-0.2, 0) is 4.79 Å². The Morgan fingerprint density at radius 1 is 1.55 bits per heavy atom. The first-order valence-corrected chi connectivity index (χ1v) is 7.01. The van der Waals surface area contributed by atoms with Crippen molar-refractivity contribution in [3.8, 4) is 0 Å². The fourth-order valence-electron chi connectivity index (χ4n) is 2.77. The van der Waals surface area contributed by atoms with E-state index in [1.54, 1.807) is 6.07 Å². The zero-order valence-corrected chi connectivity index (χ0v) is 12.0. The van der Waals surface area contributed by atoms with Crippen LogP contribution >= 0.6 is 0 Å². The Balaban J connectivity index is 2.21. The second-order valence-corrected chi connectivity index (χ2v) is 5.48. The standard InChI is InChI=1S/C15H22FN3O/c1-3-18-15(14(17)20,11-7-8-11)10-19(2)13-6-4-5-12(16)9-13/h4-6,9,11,18H,3,7-8,10H2,1-2H3,(H2,17,20). The summed E-state index contributed by atoms with van der Waals surface area (Å²) in [6, 6.07) is 6.36. The summed E-state index contributed by atoms with van der Waals surface area (Å²) >= 11 is 0. The Morgan fingerprint density at radius 3 is 2.75 bits per heavy atom. The summed E-state index contributed by atoms with van der Waals surface area (Å²) in [5.41, 5.74) is 5.67. The van der Waals surface area contributed by atoms with Gasteiger partial charge in [-0.2, -0.15) is 0 Å². The van der Waals surface area contributed by atoms with Crippen LogP contribution in [0.15, 0.2) is 24.3 Å². The van der Waals surface area contributed by atoms with Crippen molar-refractivity contribution in [2.24, 2.45) is 11.7 Å². The zero-order chi connectivity index (χ0) is 14.8. The molecular weight excluding hydrogens is 257 g/mol. The minimum Gasteiger partial charge on any atom is -0.372 e. The smallest absolute Gasteiger partial charge is 0.239 e. The van der Waals surface area contributed by atoms with Crippen LogP contribution < -0.4 is 16.0 Å². The van der Waals surface area contributed by atoms with Crippen LogP contribution in [0.1, 0.15) is 19.8 Å². The number of carbonyl (C=O) groups is 1. The highest BCUT2D eigenvalue weighted by Gasteiger charge is 2.50. The number of benzene rings is 1. The van der Waals surface area contributed by atoms with Crippen molar-refractivity contribution in [1.29, 1.82) is 0 Å². The molecule has 1 atom stereocenters. The first-order valence-electron chi connectivity index (χ1n) is 7.01. The Bertz CT molecular complexity index is 490. The Labute approximate surface area is 119 Å². The van der Waals surface area contributed by atoms with Crippen molar-refractivity contribution in [1.82, 2.24) is 5.32 Å². The van der Waals surface area contributed by atoms with Gasteiger partial charge >= 0.3 is 0 Å². The van der Waals surface area contributed by atoms with E-state index < -0.39 is 5.54 Å². The van der Waals surface area contributed by atoms with Crippen LogP contribution in [-0.4, -0.2) is 31.6 Å². The summed E-state index contributed by atoms with van der Waals surface area (Å²) in [4.78, 5) is 13.9. The molecule has 0 bridgehead atoms. The van der Waals surface area contributed by atoms with E-state index in [1.807, 2.05) is 24.9 Å². The normalized spacial score (nSPS) is 17.6. The SMILES string of the molecule is CCNC(CN(C)c1cccc(F)c1)(C(N)=O)C1CC1. The molecule has 1 aromatic carbocycles. The summed E-state index contributed by atoms with van der Waals surface area (Å²) in [5, 5.41) is 3.26.